The SMILES string of the molecule is Cc1cccc(Cc2noc(C(N)c3cnn(C)c3)n2)c1. The molecule has 6 nitrogen and oxygen atoms in total. The number of nitrogens with two attached hydrogens (primary N) is 1. The van der Waals surface area contributed by atoms with Crippen molar-refractivity contribution in [3.05, 3.63) is 65.1 Å². The molecule has 2 N–H and O–H groups in total. The number of hydrogen-bond donors (Lipinski definition) is 1. The highest BCUT2D eigenvalue weighted by atomic mass is 16.5. The first-order valence-electron chi connectivity index (χ1n) is 6.74. The lowest BCUT2D eigenvalue weighted by molar-refractivity contribution is 0.363. The van der Waals surface area contributed by atoms with Crippen LogP contribution in [0.5, 0.6) is 0 Å². The van der Waals surface area contributed by atoms with Crippen LogP contribution in [0.3, 0.4) is 0 Å². The van der Waals surface area contributed by atoms with Gasteiger partial charge in [0, 0.05) is 25.2 Å². The van der Waals surface area contributed by atoms with Gasteiger partial charge in [-0.2, -0.15) is 10.1 Å². The average Bonchev–Trinajstić information content (AvgIpc) is 3.07. The quantitative estimate of drug-likeness (QED) is 0.788. The Morgan fingerprint density at radius 3 is 2.95 bits per heavy atom. The summed E-state index contributed by atoms with van der Waals surface area (Å²) in [6.45, 7) is 2.06. The van der Waals surface area contributed by atoms with Crippen LogP contribution in [0, 0.1) is 6.92 Å². The monoisotopic (exact) mass is 283 g/mol. The van der Waals surface area contributed by atoms with Gasteiger partial charge in [0.15, 0.2) is 5.82 Å². The third-order valence-corrected chi connectivity index (χ3v) is 3.28. The van der Waals surface area contributed by atoms with Crippen molar-refractivity contribution in [1.82, 2.24) is 19.9 Å². The molecule has 1 unspecified atom stereocenters. The minimum absolute atomic E-state index is 0.408. The highest BCUT2D eigenvalue weighted by molar-refractivity contribution is 5.25. The minimum Gasteiger partial charge on any atom is -0.337 e. The summed E-state index contributed by atoms with van der Waals surface area (Å²) in [6, 6.07) is 7.79. The molecule has 0 bridgehead atoms. The summed E-state index contributed by atoms with van der Waals surface area (Å²) >= 11 is 0. The fraction of sp³-hybridized carbons (Fsp3) is 0.267. The van der Waals surface area contributed by atoms with E-state index in [4.69, 9.17) is 10.3 Å². The molecule has 2 aromatic heterocycles. The van der Waals surface area contributed by atoms with Crippen molar-refractivity contribution in [3.8, 4) is 0 Å². The summed E-state index contributed by atoms with van der Waals surface area (Å²) in [7, 11) is 1.84. The molecule has 0 fully saturated rings. The smallest absolute Gasteiger partial charge is 0.248 e. The largest absolute Gasteiger partial charge is 0.337 e. The van der Waals surface area contributed by atoms with Gasteiger partial charge in [-0.15, -0.1) is 0 Å². The summed E-state index contributed by atoms with van der Waals surface area (Å²) in [5.74, 6) is 1.04. The molecule has 0 aliphatic carbocycles. The molecule has 1 aromatic carbocycles. The third kappa shape index (κ3) is 3.00. The van der Waals surface area contributed by atoms with Crippen LogP contribution in [0.2, 0.25) is 0 Å². The first kappa shape index (κ1) is 13.5. The molecule has 2 heterocycles. The Bertz CT molecular complexity index is 746. The zero-order valence-corrected chi connectivity index (χ0v) is 12.0. The molecule has 6 heteroatoms. The molecule has 1 atom stereocenters. The molecule has 0 radical (unpaired) electrons. The first-order chi connectivity index (χ1) is 10.1. The predicted octanol–water partition coefficient (Wildman–Crippen LogP) is 1.75. The van der Waals surface area contributed by atoms with Gasteiger partial charge >= 0.3 is 0 Å². The molecule has 0 aliphatic heterocycles. The summed E-state index contributed by atoms with van der Waals surface area (Å²) in [5, 5.41) is 8.10. The number of benzene rings is 1. The fourth-order valence-corrected chi connectivity index (χ4v) is 2.21. The van der Waals surface area contributed by atoms with Crippen molar-refractivity contribution >= 4 is 0 Å². The van der Waals surface area contributed by atoms with Gasteiger partial charge in [-0.3, -0.25) is 4.68 Å². The lowest BCUT2D eigenvalue weighted by Crippen LogP contribution is -2.11. The van der Waals surface area contributed by atoms with Crippen molar-refractivity contribution < 1.29 is 4.52 Å². The Labute approximate surface area is 122 Å². The van der Waals surface area contributed by atoms with E-state index in [2.05, 4.69) is 34.3 Å². The van der Waals surface area contributed by atoms with Gasteiger partial charge in [0.2, 0.25) is 5.89 Å². The normalized spacial score (nSPS) is 12.5. The highest BCUT2D eigenvalue weighted by Crippen LogP contribution is 2.18. The van der Waals surface area contributed by atoms with Gasteiger partial charge in [-0.1, -0.05) is 35.0 Å². The van der Waals surface area contributed by atoms with Gasteiger partial charge in [0.05, 0.1) is 6.20 Å². The third-order valence-electron chi connectivity index (χ3n) is 3.28. The Balaban J connectivity index is 1.77. The molecule has 21 heavy (non-hydrogen) atoms. The van der Waals surface area contributed by atoms with Crippen LogP contribution in [0.15, 0.2) is 41.2 Å². The van der Waals surface area contributed by atoms with E-state index < -0.39 is 6.04 Å². The Morgan fingerprint density at radius 1 is 1.38 bits per heavy atom. The molecule has 0 spiro atoms. The molecular formula is C15H17N5O. The van der Waals surface area contributed by atoms with Crippen molar-refractivity contribution in [1.29, 1.82) is 0 Å². The minimum atomic E-state index is -0.447. The van der Waals surface area contributed by atoms with Crippen LogP contribution in [0.4, 0.5) is 0 Å². The van der Waals surface area contributed by atoms with Crippen LogP contribution in [-0.4, -0.2) is 19.9 Å². The highest BCUT2D eigenvalue weighted by Gasteiger charge is 2.18. The number of nitrogens with zero attached hydrogens (tertiary/aromatic N) is 4. The van der Waals surface area contributed by atoms with E-state index >= 15 is 0 Å². The molecule has 108 valence electrons. The van der Waals surface area contributed by atoms with Crippen molar-refractivity contribution in [2.45, 2.75) is 19.4 Å². The van der Waals surface area contributed by atoms with Crippen LogP contribution in [-0.2, 0) is 13.5 Å². The molecule has 3 aromatic rings. The van der Waals surface area contributed by atoms with E-state index in [-0.39, 0.29) is 0 Å². The molecule has 0 saturated carbocycles. The summed E-state index contributed by atoms with van der Waals surface area (Å²) in [5.41, 5.74) is 9.32. The number of aromatic nitrogens is 4. The van der Waals surface area contributed by atoms with E-state index in [0.717, 1.165) is 11.1 Å². The van der Waals surface area contributed by atoms with Gasteiger partial charge in [0.25, 0.3) is 0 Å². The van der Waals surface area contributed by atoms with Crippen molar-refractivity contribution in [3.63, 3.8) is 0 Å². The van der Waals surface area contributed by atoms with Gasteiger partial charge in [-0.05, 0) is 12.5 Å². The lowest BCUT2D eigenvalue weighted by Gasteiger charge is -2.01. The lowest BCUT2D eigenvalue weighted by atomic mass is 10.1. The molecule has 3 rings (SSSR count). The van der Waals surface area contributed by atoms with Crippen molar-refractivity contribution in [2.24, 2.45) is 12.8 Å². The van der Waals surface area contributed by atoms with Gasteiger partial charge in [0.1, 0.15) is 6.04 Å². The first-order valence-corrected chi connectivity index (χ1v) is 6.74. The second-order valence-electron chi connectivity index (χ2n) is 5.14. The van der Waals surface area contributed by atoms with E-state index in [1.165, 1.54) is 5.56 Å². The predicted molar refractivity (Wildman–Crippen MR) is 77.5 cm³/mol. The molecule has 0 amide bonds. The molecule has 0 saturated heterocycles. The molecular weight excluding hydrogens is 266 g/mol. The van der Waals surface area contributed by atoms with Crippen LogP contribution < -0.4 is 5.73 Å². The van der Waals surface area contributed by atoms with E-state index in [1.807, 2.05) is 25.4 Å². The Morgan fingerprint density at radius 2 is 2.24 bits per heavy atom. The second kappa shape index (κ2) is 5.49. The van der Waals surface area contributed by atoms with Crippen molar-refractivity contribution in [2.75, 3.05) is 0 Å². The maximum Gasteiger partial charge on any atom is 0.248 e. The second-order valence-corrected chi connectivity index (χ2v) is 5.14. The standard InChI is InChI=1S/C15H17N5O/c1-10-4-3-5-11(6-10)7-13-18-15(21-19-13)14(16)12-8-17-20(2)9-12/h3-6,8-9,14H,7,16H2,1-2H3. The summed E-state index contributed by atoms with van der Waals surface area (Å²) in [6.07, 6.45) is 4.18. The summed E-state index contributed by atoms with van der Waals surface area (Å²) in [4.78, 5) is 4.38. The number of rotatable bonds is 4. The van der Waals surface area contributed by atoms with E-state index in [0.29, 0.717) is 18.1 Å². The zero-order chi connectivity index (χ0) is 14.8. The average molecular weight is 283 g/mol. The fourth-order valence-electron chi connectivity index (χ4n) is 2.21. The van der Waals surface area contributed by atoms with Crippen LogP contribution >= 0.6 is 0 Å². The Kier molecular flexibility index (Phi) is 3.53. The Hall–Kier alpha value is -2.47. The maximum atomic E-state index is 6.11. The molecule has 0 aliphatic rings. The summed E-state index contributed by atoms with van der Waals surface area (Å²) < 4.78 is 6.96. The number of hydrogen-bond acceptors (Lipinski definition) is 5. The van der Waals surface area contributed by atoms with E-state index in [9.17, 15) is 0 Å². The topological polar surface area (TPSA) is 82.8 Å². The van der Waals surface area contributed by atoms with Gasteiger partial charge < -0.3 is 10.3 Å². The van der Waals surface area contributed by atoms with Crippen LogP contribution in [0.1, 0.15) is 34.4 Å². The van der Waals surface area contributed by atoms with Gasteiger partial charge in [-0.25, -0.2) is 0 Å². The maximum absolute atomic E-state index is 6.11. The zero-order valence-electron chi connectivity index (χ0n) is 12.0. The van der Waals surface area contributed by atoms with E-state index in [1.54, 1.807) is 10.9 Å². The number of aryl methyl sites for hydroxylation is 2. The van der Waals surface area contributed by atoms with Crippen LogP contribution in [0.25, 0.3) is 0 Å².